The van der Waals surface area contributed by atoms with Gasteiger partial charge in [-0.2, -0.15) is 0 Å². The summed E-state index contributed by atoms with van der Waals surface area (Å²) in [5, 5.41) is 13.9. The highest BCUT2D eigenvalue weighted by molar-refractivity contribution is 8.00. The van der Waals surface area contributed by atoms with Crippen molar-refractivity contribution >= 4 is 11.8 Å². The molecule has 0 aromatic heterocycles. The van der Waals surface area contributed by atoms with Crippen LogP contribution in [0.3, 0.4) is 0 Å². The SMILES string of the molecule is OCC1(NCC2Cc3ccccc3S2)CCOCC1. The van der Waals surface area contributed by atoms with Gasteiger partial charge in [0.05, 0.1) is 6.61 Å². The maximum absolute atomic E-state index is 9.66. The van der Waals surface area contributed by atoms with Crippen LogP contribution in [0, 0.1) is 0 Å². The Hall–Kier alpha value is -0.550. The van der Waals surface area contributed by atoms with Gasteiger partial charge in [-0.15, -0.1) is 11.8 Å². The summed E-state index contributed by atoms with van der Waals surface area (Å²) in [5.41, 5.74) is 1.34. The van der Waals surface area contributed by atoms with E-state index in [0.29, 0.717) is 5.25 Å². The average Bonchev–Trinajstić information content (AvgIpc) is 2.89. The molecule has 3 rings (SSSR count). The van der Waals surface area contributed by atoms with Crippen LogP contribution in [0.4, 0.5) is 0 Å². The van der Waals surface area contributed by atoms with E-state index in [9.17, 15) is 5.11 Å². The van der Waals surface area contributed by atoms with Crippen LogP contribution in [0.2, 0.25) is 0 Å². The lowest BCUT2D eigenvalue weighted by atomic mass is 9.91. The van der Waals surface area contributed by atoms with E-state index < -0.39 is 0 Å². The zero-order valence-electron chi connectivity index (χ0n) is 11.1. The summed E-state index contributed by atoms with van der Waals surface area (Å²) in [7, 11) is 0. The molecule has 0 saturated carbocycles. The lowest BCUT2D eigenvalue weighted by Crippen LogP contribution is -2.53. The molecule has 2 N–H and O–H groups in total. The number of rotatable bonds is 4. The summed E-state index contributed by atoms with van der Waals surface area (Å²) < 4.78 is 5.39. The smallest absolute Gasteiger partial charge is 0.0615 e. The lowest BCUT2D eigenvalue weighted by Gasteiger charge is -2.37. The second kappa shape index (κ2) is 5.83. The molecule has 19 heavy (non-hydrogen) atoms. The van der Waals surface area contributed by atoms with Gasteiger partial charge in [0.1, 0.15) is 0 Å². The molecule has 104 valence electrons. The summed E-state index contributed by atoms with van der Waals surface area (Å²) in [6, 6.07) is 8.65. The molecule has 4 heteroatoms. The van der Waals surface area contributed by atoms with Gasteiger partial charge in [-0.3, -0.25) is 0 Å². The summed E-state index contributed by atoms with van der Waals surface area (Å²) >= 11 is 1.96. The van der Waals surface area contributed by atoms with E-state index in [1.54, 1.807) is 0 Å². The predicted molar refractivity (Wildman–Crippen MR) is 77.7 cm³/mol. The molecule has 1 aromatic carbocycles. The molecule has 3 nitrogen and oxygen atoms in total. The van der Waals surface area contributed by atoms with E-state index in [-0.39, 0.29) is 12.1 Å². The first-order valence-corrected chi connectivity index (χ1v) is 7.87. The Labute approximate surface area is 118 Å². The average molecular weight is 279 g/mol. The molecular formula is C15H21NO2S. The summed E-state index contributed by atoms with van der Waals surface area (Å²) in [6.45, 7) is 2.68. The molecule has 1 unspecified atom stereocenters. The molecule has 0 radical (unpaired) electrons. The van der Waals surface area contributed by atoms with Crippen LogP contribution in [0.25, 0.3) is 0 Å². The Bertz CT molecular complexity index is 407. The number of thioether (sulfide) groups is 1. The molecule has 1 fully saturated rings. The number of nitrogens with one attached hydrogen (secondary N) is 1. The Kier molecular flexibility index (Phi) is 4.12. The summed E-state index contributed by atoms with van der Waals surface area (Å²) in [6.07, 6.45) is 2.95. The van der Waals surface area contributed by atoms with Crippen LogP contribution in [0.5, 0.6) is 0 Å². The first-order chi connectivity index (χ1) is 9.31. The third kappa shape index (κ3) is 2.97. The number of aliphatic hydroxyl groups is 1. The van der Waals surface area contributed by atoms with Crippen LogP contribution in [0.1, 0.15) is 18.4 Å². The molecule has 1 aromatic rings. The van der Waals surface area contributed by atoms with Crippen molar-refractivity contribution in [3.05, 3.63) is 29.8 Å². The van der Waals surface area contributed by atoms with Crippen molar-refractivity contribution in [1.82, 2.24) is 5.32 Å². The monoisotopic (exact) mass is 279 g/mol. The molecule has 2 aliphatic heterocycles. The summed E-state index contributed by atoms with van der Waals surface area (Å²) in [5.74, 6) is 0. The van der Waals surface area contributed by atoms with Crippen molar-refractivity contribution in [2.45, 2.75) is 34.9 Å². The Morgan fingerprint density at radius 2 is 2.11 bits per heavy atom. The first kappa shape index (κ1) is 13.4. The van der Waals surface area contributed by atoms with Crippen molar-refractivity contribution in [1.29, 1.82) is 0 Å². The highest BCUT2D eigenvalue weighted by Crippen LogP contribution is 2.36. The quantitative estimate of drug-likeness (QED) is 0.882. The van der Waals surface area contributed by atoms with Crippen molar-refractivity contribution in [2.24, 2.45) is 0 Å². The molecule has 2 aliphatic rings. The second-order valence-corrected chi connectivity index (χ2v) is 6.83. The minimum absolute atomic E-state index is 0.117. The zero-order chi connectivity index (χ0) is 13.1. The van der Waals surface area contributed by atoms with Gasteiger partial charge in [-0.25, -0.2) is 0 Å². The number of hydrogen-bond acceptors (Lipinski definition) is 4. The molecule has 0 bridgehead atoms. The molecule has 0 amide bonds. The second-order valence-electron chi connectivity index (χ2n) is 5.48. The molecule has 1 saturated heterocycles. The maximum Gasteiger partial charge on any atom is 0.0615 e. The Morgan fingerprint density at radius 3 is 2.84 bits per heavy atom. The van der Waals surface area contributed by atoms with Gasteiger partial charge in [0, 0.05) is 35.4 Å². The number of benzene rings is 1. The van der Waals surface area contributed by atoms with Crippen LogP contribution in [0.15, 0.2) is 29.2 Å². The van der Waals surface area contributed by atoms with E-state index in [1.165, 1.54) is 10.5 Å². The van der Waals surface area contributed by atoms with Gasteiger partial charge >= 0.3 is 0 Å². The largest absolute Gasteiger partial charge is 0.394 e. The number of aliphatic hydroxyl groups excluding tert-OH is 1. The van der Waals surface area contributed by atoms with E-state index >= 15 is 0 Å². The highest BCUT2D eigenvalue weighted by Gasteiger charge is 2.33. The minimum atomic E-state index is -0.117. The standard InChI is InChI=1S/C15H21NO2S/c17-11-15(5-7-18-8-6-15)16-10-13-9-12-3-1-2-4-14(12)19-13/h1-4,13,16-17H,5-11H2. The maximum atomic E-state index is 9.66. The van der Waals surface area contributed by atoms with Crippen LogP contribution < -0.4 is 5.32 Å². The fourth-order valence-electron chi connectivity index (χ4n) is 2.85. The third-order valence-corrected chi connectivity index (χ3v) is 5.49. The highest BCUT2D eigenvalue weighted by atomic mass is 32.2. The first-order valence-electron chi connectivity index (χ1n) is 7.00. The molecule has 1 atom stereocenters. The Morgan fingerprint density at radius 1 is 1.32 bits per heavy atom. The minimum Gasteiger partial charge on any atom is -0.394 e. The normalized spacial score (nSPS) is 25.2. The van der Waals surface area contributed by atoms with Gasteiger partial charge in [-0.05, 0) is 30.9 Å². The predicted octanol–water partition coefficient (Wildman–Crippen LogP) is 1.83. The van der Waals surface area contributed by atoms with Crippen molar-refractivity contribution in [2.75, 3.05) is 26.4 Å². The summed E-state index contributed by atoms with van der Waals surface area (Å²) in [4.78, 5) is 1.42. The lowest BCUT2D eigenvalue weighted by molar-refractivity contribution is 0.0123. The molecule has 0 spiro atoms. The van der Waals surface area contributed by atoms with E-state index in [0.717, 1.165) is 39.0 Å². The van der Waals surface area contributed by atoms with Crippen LogP contribution in [-0.4, -0.2) is 42.3 Å². The Balaban J connectivity index is 1.56. The number of hydrogen-bond donors (Lipinski definition) is 2. The molecular weight excluding hydrogens is 258 g/mol. The zero-order valence-corrected chi connectivity index (χ0v) is 11.9. The van der Waals surface area contributed by atoms with Crippen LogP contribution in [-0.2, 0) is 11.2 Å². The van der Waals surface area contributed by atoms with Gasteiger partial charge in [0.2, 0.25) is 0 Å². The number of fused-ring (bicyclic) bond motifs is 1. The van der Waals surface area contributed by atoms with Crippen molar-refractivity contribution in [3.8, 4) is 0 Å². The molecule has 2 heterocycles. The van der Waals surface area contributed by atoms with Gasteiger partial charge < -0.3 is 15.2 Å². The van der Waals surface area contributed by atoms with E-state index in [4.69, 9.17) is 4.74 Å². The van der Waals surface area contributed by atoms with Gasteiger partial charge in [-0.1, -0.05) is 18.2 Å². The van der Waals surface area contributed by atoms with E-state index in [2.05, 4.69) is 29.6 Å². The topological polar surface area (TPSA) is 41.5 Å². The fraction of sp³-hybridized carbons (Fsp3) is 0.600. The van der Waals surface area contributed by atoms with Gasteiger partial charge in [0.15, 0.2) is 0 Å². The van der Waals surface area contributed by atoms with Gasteiger partial charge in [0.25, 0.3) is 0 Å². The van der Waals surface area contributed by atoms with Crippen molar-refractivity contribution in [3.63, 3.8) is 0 Å². The van der Waals surface area contributed by atoms with E-state index in [1.807, 2.05) is 11.8 Å². The van der Waals surface area contributed by atoms with Crippen molar-refractivity contribution < 1.29 is 9.84 Å². The molecule has 0 aliphatic carbocycles. The van der Waals surface area contributed by atoms with Crippen LogP contribution >= 0.6 is 11.8 Å². The number of ether oxygens (including phenoxy) is 1. The third-order valence-electron chi connectivity index (χ3n) is 4.17. The fourth-order valence-corrected chi connectivity index (χ4v) is 4.10.